The van der Waals surface area contributed by atoms with Gasteiger partial charge in [-0.05, 0) is 31.8 Å². The molecule has 2 rings (SSSR count). The maximum atomic E-state index is 10.5. The summed E-state index contributed by atoms with van der Waals surface area (Å²) < 4.78 is 5.52. The van der Waals surface area contributed by atoms with Crippen LogP contribution in [0.15, 0.2) is 12.3 Å². The van der Waals surface area contributed by atoms with Crippen molar-refractivity contribution in [1.82, 2.24) is 10.3 Å². The number of nitrogens with zero attached hydrogens (tertiary/aromatic N) is 2. The Morgan fingerprint density at radius 2 is 2.28 bits per heavy atom. The third-order valence-corrected chi connectivity index (χ3v) is 3.19. The highest BCUT2D eigenvalue weighted by molar-refractivity contribution is 6.32. The minimum atomic E-state index is -0.532. The molecule has 1 aromatic heterocycles. The van der Waals surface area contributed by atoms with Crippen LogP contribution in [0.25, 0.3) is 0 Å². The van der Waals surface area contributed by atoms with Gasteiger partial charge >= 0.3 is 0 Å². The summed E-state index contributed by atoms with van der Waals surface area (Å²) in [4.78, 5) is 13.9. The second kappa shape index (κ2) is 5.97. The number of nitrogens with one attached hydrogen (secondary N) is 1. The van der Waals surface area contributed by atoms with E-state index in [9.17, 15) is 10.1 Å². The number of hydrogen-bond donors (Lipinski definition) is 1. The lowest BCUT2D eigenvalue weighted by atomic mass is 9.99. The van der Waals surface area contributed by atoms with Gasteiger partial charge in [-0.3, -0.25) is 10.1 Å². The first-order valence-electron chi connectivity index (χ1n) is 5.80. The molecule has 1 N–H and O–H groups in total. The lowest BCUT2D eigenvalue weighted by Crippen LogP contribution is -2.30. The van der Waals surface area contributed by atoms with Crippen LogP contribution in [0.2, 0.25) is 5.02 Å². The summed E-state index contributed by atoms with van der Waals surface area (Å²) >= 11 is 5.89. The number of rotatable bonds is 4. The maximum Gasteiger partial charge on any atom is 0.289 e. The van der Waals surface area contributed by atoms with Crippen LogP contribution < -0.4 is 10.1 Å². The molecule has 0 bridgehead atoms. The van der Waals surface area contributed by atoms with Crippen LogP contribution in [0.5, 0.6) is 5.88 Å². The van der Waals surface area contributed by atoms with E-state index in [-0.39, 0.29) is 16.6 Å². The fraction of sp³-hybridized carbons (Fsp3) is 0.545. The molecule has 7 heteroatoms. The third kappa shape index (κ3) is 3.30. The molecule has 0 saturated carbocycles. The first-order chi connectivity index (χ1) is 8.66. The highest BCUT2D eigenvalue weighted by Gasteiger charge is 2.16. The van der Waals surface area contributed by atoms with Gasteiger partial charge in [-0.25, -0.2) is 4.98 Å². The summed E-state index contributed by atoms with van der Waals surface area (Å²) in [6.07, 6.45) is 3.28. The molecule has 6 nitrogen and oxygen atoms in total. The molecule has 1 fully saturated rings. The molecule has 0 aliphatic carbocycles. The van der Waals surface area contributed by atoms with Crippen LogP contribution in [-0.2, 0) is 0 Å². The van der Waals surface area contributed by atoms with Crippen molar-refractivity contribution in [2.24, 2.45) is 5.92 Å². The molecule has 0 atom stereocenters. The van der Waals surface area contributed by atoms with Gasteiger partial charge in [0.25, 0.3) is 5.69 Å². The normalized spacial score (nSPS) is 16.5. The van der Waals surface area contributed by atoms with E-state index in [0.717, 1.165) is 32.1 Å². The van der Waals surface area contributed by atoms with Crippen molar-refractivity contribution in [2.45, 2.75) is 12.8 Å². The number of ether oxygens (including phenoxy) is 1. The molecule has 1 aliphatic rings. The summed E-state index contributed by atoms with van der Waals surface area (Å²) in [5, 5.41) is 14.0. The smallest absolute Gasteiger partial charge is 0.289 e. The minimum absolute atomic E-state index is 0.130. The highest BCUT2D eigenvalue weighted by atomic mass is 35.5. The van der Waals surface area contributed by atoms with Crippen molar-refractivity contribution in [3.05, 3.63) is 27.4 Å². The van der Waals surface area contributed by atoms with Crippen molar-refractivity contribution in [3.63, 3.8) is 0 Å². The summed E-state index contributed by atoms with van der Waals surface area (Å²) in [7, 11) is 0. The number of nitro groups is 1. The summed E-state index contributed by atoms with van der Waals surface area (Å²) in [6.45, 7) is 2.54. The van der Waals surface area contributed by atoms with Gasteiger partial charge in [-0.1, -0.05) is 11.6 Å². The molecule has 0 amide bonds. The molecular formula is C11H14ClN3O3. The molecule has 0 aromatic carbocycles. The van der Waals surface area contributed by atoms with E-state index in [1.807, 2.05) is 0 Å². The Kier molecular flexibility index (Phi) is 4.33. The third-order valence-electron chi connectivity index (χ3n) is 2.92. The first-order valence-corrected chi connectivity index (χ1v) is 6.18. The Morgan fingerprint density at radius 1 is 1.56 bits per heavy atom. The standard InChI is InChI=1S/C11H14ClN3O3/c12-10-5-9(15(16)17)6-14-11(10)18-7-8-1-3-13-4-2-8/h5-6,8,13H,1-4,7H2. The second-order valence-corrected chi connectivity index (χ2v) is 4.65. The molecule has 0 unspecified atom stereocenters. The largest absolute Gasteiger partial charge is 0.476 e. The van der Waals surface area contributed by atoms with Crippen molar-refractivity contribution in [3.8, 4) is 5.88 Å². The highest BCUT2D eigenvalue weighted by Crippen LogP contribution is 2.26. The Morgan fingerprint density at radius 3 is 2.89 bits per heavy atom. The van der Waals surface area contributed by atoms with Crippen LogP contribution in [0, 0.1) is 16.0 Å². The monoisotopic (exact) mass is 271 g/mol. The summed E-state index contributed by atoms with van der Waals surface area (Å²) in [5.41, 5.74) is -0.130. The van der Waals surface area contributed by atoms with E-state index in [1.54, 1.807) is 0 Å². The SMILES string of the molecule is O=[N+]([O-])c1cnc(OCC2CCNCC2)c(Cl)c1. The molecule has 1 aliphatic heterocycles. The van der Waals surface area contributed by atoms with Crippen LogP contribution in [0.4, 0.5) is 5.69 Å². The zero-order valence-corrected chi connectivity index (χ0v) is 10.5. The van der Waals surface area contributed by atoms with Crippen molar-refractivity contribution in [1.29, 1.82) is 0 Å². The number of hydrogen-bond acceptors (Lipinski definition) is 5. The van der Waals surface area contributed by atoms with Crippen LogP contribution in [-0.4, -0.2) is 29.6 Å². The molecule has 98 valence electrons. The Hall–Kier alpha value is -1.40. The number of piperidine rings is 1. The molecule has 2 heterocycles. The van der Waals surface area contributed by atoms with Gasteiger partial charge in [-0.2, -0.15) is 0 Å². The van der Waals surface area contributed by atoms with Gasteiger partial charge in [0, 0.05) is 6.07 Å². The van der Waals surface area contributed by atoms with E-state index < -0.39 is 4.92 Å². The van der Waals surface area contributed by atoms with Gasteiger partial charge < -0.3 is 10.1 Å². The Balaban J connectivity index is 1.94. The zero-order valence-electron chi connectivity index (χ0n) is 9.76. The van der Waals surface area contributed by atoms with Crippen molar-refractivity contribution >= 4 is 17.3 Å². The summed E-state index contributed by atoms with van der Waals surface area (Å²) in [5.74, 6) is 0.750. The van der Waals surface area contributed by atoms with Crippen molar-refractivity contribution < 1.29 is 9.66 Å². The number of halogens is 1. The van der Waals surface area contributed by atoms with Crippen LogP contribution in [0.3, 0.4) is 0 Å². The maximum absolute atomic E-state index is 10.5. The zero-order chi connectivity index (χ0) is 13.0. The molecule has 1 saturated heterocycles. The van der Waals surface area contributed by atoms with E-state index in [0.29, 0.717) is 12.5 Å². The van der Waals surface area contributed by atoms with Gasteiger partial charge in [0.15, 0.2) is 0 Å². The fourth-order valence-electron chi connectivity index (χ4n) is 1.87. The summed E-state index contributed by atoms with van der Waals surface area (Å²) in [6, 6.07) is 1.26. The lowest BCUT2D eigenvalue weighted by molar-refractivity contribution is -0.385. The van der Waals surface area contributed by atoms with Gasteiger partial charge in [0.2, 0.25) is 5.88 Å². The average Bonchev–Trinajstić information content (AvgIpc) is 2.38. The molecule has 18 heavy (non-hydrogen) atoms. The minimum Gasteiger partial charge on any atom is -0.476 e. The van der Waals surface area contributed by atoms with Crippen LogP contribution >= 0.6 is 11.6 Å². The molecular weight excluding hydrogens is 258 g/mol. The molecule has 0 spiro atoms. The Labute approximate surface area is 109 Å². The average molecular weight is 272 g/mol. The van der Waals surface area contributed by atoms with E-state index in [1.165, 1.54) is 6.07 Å². The topological polar surface area (TPSA) is 77.3 Å². The molecule has 0 radical (unpaired) electrons. The van der Waals surface area contributed by atoms with Gasteiger partial charge in [-0.15, -0.1) is 0 Å². The quantitative estimate of drug-likeness (QED) is 0.670. The van der Waals surface area contributed by atoms with E-state index in [2.05, 4.69) is 10.3 Å². The van der Waals surface area contributed by atoms with E-state index in [4.69, 9.17) is 16.3 Å². The first kappa shape index (κ1) is 13.0. The fourth-order valence-corrected chi connectivity index (χ4v) is 2.08. The van der Waals surface area contributed by atoms with E-state index >= 15 is 0 Å². The van der Waals surface area contributed by atoms with Gasteiger partial charge in [0.1, 0.15) is 11.2 Å². The number of pyridine rings is 1. The second-order valence-electron chi connectivity index (χ2n) is 4.24. The Bertz CT molecular complexity index is 436. The lowest BCUT2D eigenvalue weighted by Gasteiger charge is -2.22. The predicted octanol–water partition coefficient (Wildman–Crippen LogP) is 2.02. The van der Waals surface area contributed by atoms with Crippen LogP contribution in [0.1, 0.15) is 12.8 Å². The van der Waals surface area contributed by atoms with Crippen molar-refractivity contribution in [2.75, 3.05) is 19.7 Å². The molecule has 1 aromatic rings. The van der Waals surface area contributed by atoms with Gasteiger partial charge in [0.05, 0.1) is 11.5 Å². The number of aromatic nitrogens is 1. The predicted molar refractivity (Wildman–Crippen MR) is 67.0 cm³/mol.